The summed E-state index contributed by atoms with van der Waals surface area (Å²) in [5, 5.41) is 9.79. The highest BCUT2D eigenvalue weighted by Crippen LogP contribution is 2.26. The number of aliphatic hydroxyl groups excluding tert-OH is 1. The fraction of sp³-hybridized carbons (Fsp3) is 0.417. The second-order valence-corrected chi connectivity index (χ2v) is 4.45. The molecule has 0 saturated carbocycles. The number of anilines is 1. The fourth-order valence-electron chi connectivity index (χ4n) is 1.49. The summed E-state index contributed by atoms with van der Waals surface area (Å²) in [7, 11) is 5.22. The Bertz CT molecular complexity index is 407. The Labute approximate surface area is 106 Å². The lowest BCUT2D eigenvalue weighted by Gasteiger charge is -2.23. The van der Waals surface area contributed by atoms with Crippen molar-refractivity contribution in [2.75, 3.05) is 32.6 Å². The standard InChI is InChI=1S/C12H17ClN2O2/c1-14(2)12(17)7-15(3)11-6-4-5-10(13)9(11)8-16/h4-6,16H,7-8H2,1-3H3. The molecule has 17 heavy (non-hydrogen) atoms. The van der Waals surface area contributed by atoms with Gasteiger partial charge in [0.2, 0.25) is 5.91 Å². The number of benzene rings is 1. The molecular weight excluding hydrogens is 240 g/mol. The van der Waals surface area contributed by atoms with Crippen LogP contribution in [0.15, 0.2) is 18.2 Å². The molecule has 1 rings (SSSR count). The maximum atomic E-state index is 11.6. The molecule has 0 aliphatic heterocycles. The number of likely N-dealkylation sites (N-methyl/N-ethyl adjacent to an activating group) is 2. The zero-order chi connectivity index (χ0) is 13.0. The maximum absolute atomic E-state index is 11.6. The van der Waals surface area contributed by atoms with Gasteiger partial charge in [0, 0.05) is 37.4 Å². The average Bonchev–Trinajstić information content (AvgIpc) is 2.28. The van der Waals surface area contributed by atoms with Gasteiger partial charge in [0.1, 0.15) is 0 Å². The number of hydrogen-bond acceptors (Lipinski definition) is 3. The summed E-state index contributed by atoms with van der Waals surface area (Å²) in [6.45, 7) is 0.107. The molecule has 0 fully saturated rings. The monoisotopic (exact) mass is 256 g/mol. The summed E-state index contributed by atoms with van der Waals surface area (Å²) in [5.41, 5.74) is 1.42. The zero-order valence-electron chi connectivity index (χ0n) is 10.3. The van der Waals surface area contributed by atoms with E-state index in [4.69, 9.17) is 11.6 Å². The number of carbonyl (C=O) groups excluding carboxylic acids is 1. The maximum Gasteiger partial charge on any atom is 0.241 e. The van der Waals surface area contributed by atoms with Gasteiger partial charge in [0.15, 0.2) is 0 Å². The minimum Gasteiger partial charge on any atom is -0.392 e. The summed E-state index contributed by atoms with van der Waals surface area (Å²) in [5.74, 6) is -0.00337. The van der Waals surface area contributed by atoms with Crippen molar-refractivity contribution in [2.24, 2.45) is 0 Å². The molecule has 0 unspecified atom stereocenters. The molecule has 5 heteroatoms. The molecule has 4 nitrogen and oxygen atoms in total. The topological polar surface area (TPSA) is 43.8 Å². The molecule has 0 saturated heterocycles. The first-order chi connectivity index (χ1) is 7.97. The van der Waals surface area contributed by atoms with E-state index in [0.717, 1.165) is 5.69 Å². The third kappa shape index (κ3) is 3.35. The molecule has 1 aromatic rings. The van der Waals surface area contributed by atoms with Gasteiger partial charge in [-0.15, -0.1) is 0 Å². The Hall–Kier alpha value is -1.26. The second-order valence-electron chi connectivity index (χ2n) is 4.04. The van der Waals surface area contributed by atoms with E-state index in [1.54, 1.807) is 38.2 Å². The normalized spacial score (nSPS) is 10.2. The highest BCUT2D eigenvalue weighted by atomic mass is 35.5. The van der Waals surface area contributed by atoms with Crippen LogP contribution in [0.1, 0.15) is 5.56 Å². The minimum absolute atomic E-state index is 0.00337. The van der Waals surface area contributed by atoms with Crippen LogP contribution in [0.3, 0.4) is 0 Å². The van der Waals surface area contributed by atoms with Gasteiger partial charge in [-0.25, -0.2) is 0 Å². The van der Waals surface area contributed by atoms with Crippen LogP contribution in [-0.2, 0) is 11.4 Å². The zero-order valence-corrected chi connectivity index (χ0v) is 11.0. The van der Waals surface area contributed by atoms with E-state index in [1.165, 1.54) is 4.90 Å². The van der Waals surface area contributed by atoms with Crippen LogP contribution >= 0.6 is 11.6 Å². The van der Waals surface area contributed by atoms with Gasteiger partial charge < -0.3 is 14.9 Å². The molecule has 0 spiro atoms. The van der Waals surface area contributed by atoms with Crippen LogP contribution in [-0.4, -0.2) is 43.6 Å². The Morgan fingerprint density at radius 2 is 2.00 bits per heavy atom. The lowest BCUT2D eigenvalue weighted by Crippen LogP contribution is -2.34. The number of nitrogens with zero attached hydrogens (tertiary/aromatic N) is 2. The predicted molar refractivity (Wildman–Crippen MR) is 69.3 cm³/mol. The third-order valence-corrected chi connectivity index (χ3v) is 2.89. The quantitative estimate of drug-likeness (QED) is 0.885. The van der Waals surface area contributed by atoms with Crippen LogP contribution in [0.4, 0.5) is 5.69 Å². The first-order valence-corrected chi connectivity index (χ1v) is 5.64. The van der Waals surface area contributed by atoms with Crippen molar-refractivity contribution in [3.8, 4) is 0 Å². The van der Waals surface area contributed by atoms with Crippen LogP contribution in [0.25, 0.3) is 0 Å². The van der Waals surface area contributed by atoms with Crippen LogP contribution in [0.2, 0.25) is 5.02 Å². The van der Waals surface area contributed by atoms with Crippen molar-refractivity contribution in [3.63, 3.8) is 0 Å². The third-order valence-electron chi connectivity index (χ3n) is 2.53. The predicted octanol–water partition coefficient (Wildman–Crippen LogP) is 1.36. The first kappa shape index (κ1) is 13.8. The Morgan fingerprint density at radius 1 is 1.35 bits per heavy atom. The molecule has 1 aromatic carbocycles. The van der Waals surface area contributed by atoms with Crippen LogP contribution in [0, 0.1) is 0 Å². The number of aliphatic hydroxyl groups is 1. The van der Waals surface area contributed by atoms with E-state index >= 15 is 0 Å². The summed E-state index contributed by atoms with van der Waals surface area (Å²) < 4.78 is 0. The molecule has 0 aliphatic rings. The lowest BCUT2D eigenvalue weighted by molar-refractivity contribution is -0.127. The summed E-state index contributed by atoms with van der Waals surface area (Å²) in [6, 6.07) is 5.35. The van der Waals surface area contributed by atoms with Gasteiger partial charge in [-0.2, -0.15) is 0 Å². The van der Waals surface area contributed by atoms with E-state index in [1.807, 2.05) is 6.07 Å². The van der Waals surface area contributed by atoms with Gasteiger partial charge >= 0.3 is 0 Å². The molecule has 0 aromatic heterocycles. The Balaban J connectivity index is 2.92. The fourth-order valence-corrected chi connectivity index (χ4v) is 1.72. The van der Waals surface area contributed by atoms with E-state index in [0.29, 0.717) is 10.6 Å². The summed E-state index contributed by atoms with van der Waals surface area (Å²) in [4.78, 5) is 14.9. The lowest BCUT2D eigenvalue weighted by atomic mass is 10.1. The molecule has 0 aliphatic carbocycles. The van der Waals surface area contributed by atoms with Crippen LogP contribution in [0.5, 0.6) is 0 Å². The van der Waals surface area contributed by atoms with Gasteiger partial charge in [0.05, 0.1) is 13.2 Å². The molecule has 0 radical (unpaired) electrons. The molecule has 1 amide bonds. The molecular formula is C12H17ClN2O2. The average molecular weight is 257 g/mol. The number of carbonyl (C=O) groups is 1. The number of halogens is 1. The molecule has 0 heterocycles. The number of hydrogen-bond donors (Lipinski definition) is 1. The Kier molecular flexibility index (Phi) is 4.78. The molecule has 1 N–H and O–H groups in total. The molecule has 0 atom stereocenters. The van der Waals surface area contributed by atoms with E-state index in [9.17, 15) is 9.90 Å². The van der Waals surface area contributed by atoms with Crippen molar-refractivity contribution in [2.45, 2.75) is 6.61 Å². The van der Waals surface area contributed by atoms with Crippen molar-refractivity contribution < 1.29 is 9.90 Å². The first-order valence-electron chi connectivity index (χ1n) is 5.27. The molecule has 0 bridgehead atoms. The van der Waals surface area contributed by atoms with Crippen molar-refractivity contribution in [1.82, 2.24) is 4.90 Å². The van der Waals surface area contributed by atoms with E-state index in [-0.39, 0.29) is 19.1 Å². The van der Waals surface area contributed by atoms with Crippen LogP contribution < -0.4 is 4.90 Å². The SMILES string of the molecule is CN(C)C(=O)CN(C)c1cccc(Cl)c1CO. The van der Waals surface area contributed by atoms with Crippen molar-refractivity contribution in [3.05, 3.63) is 28.8 Å². The van der Waals surface area contributed by atoms with Gasteiger partial charge in [0.25, 0.3) is 0 Å². The van der Waals surface area contributed by atoms with Gasteiger partial charge in [-0.1, -0.05) is 17.7 Å². The minimum atomic E-state index is -0.143. The van der Waals surface area contributed by atoms with Gasteiger partial charge in [-0.3, -0.25) is 4.79 Å². The number of rotatable bonds is 4. The summed E-state index contributed by atoms with van der Waals surface area (Å²) >= 11 is 5.99. The smallest absolute Gasteiger partial charge is 0.241 e. The van der Waals surface area contributed by atoms with Crippen molar-refractivity contribution >= 4 is 23.2 Å². The Morgan fingerprint density at radius 3 is 2.53 bits per heavy atom. The largest absolute Gasteiger partial charge is 0.392 e. The van der Waals surface area contributed by atoms with E-state index in [2.05, 4.69) is 0 Å². The highest BCUT2D eigenvalue weighted by molar-refractivity contribution is 6.31. The number of amides is 1. The van der Waals surface area contributed by atoms with Crippen molar-refractivity contribution in [1.29, 1.82) is 0 Å². The van der Waals surface area contributed by atoms with E-state index < -0.39 is 0 Å². The second kappa shape index (κ2) is 5.89. The molecule has 94 valence electrons. The van der Waals surface area contributed by atoms with Gasteiger partial charge in [-0.05, 0) is 12.1 Å². The summed E-state index contributed by atoms with van der Waals surface area (Å²) in [6.07, 6.45) is 0. The highest BCUT2D eigenvalue weighted by Gasteiger charge is 2.13.